The Hall–Kier alpha value is -1.06. The maximum absolute atomic E-state index is 5.62. The smallest absolute Gasteiger partial charge is 0.123 e. The summed E-state index contributed by atoms with van der Waals surface area (Å²) in [6.45, 7) is 6.45. The van der Waals surface area contributed by atoms with Gasteiger partial charge in [0.15, 0.2) is 0 Å². The molecule has 0 fully saturated rings. The maximum atomic E-state index is 5.62. The van der Waals surface area contributed by atoms with E-state index >= 15 is 0 Å². The predicted molar refractivity (Wildman–Crippen MR) is 67.3 cm³/mol. The average molecular weight is 222 g/mol. The molecule has 0 bridgehead atoms. The van der Waals surface area contributed by atoms with Crippen molar-refractivity contribution >= 4 is 0 Å². The molecule has 0 saturated carbocycles. The number of aryl methyl sites for hydroxylation is 1. The summed E-state index contributed by atoms with van der Waals surface area (Å²) in [6.07, 6.45) is 0.996. The second-order valence-electron chi connectivity index (χ2n) is 4.59. The van der Waals surface area contributed by atoms with Crippen molar-refractivity contribution in [2.75, 3.05) is 7.11 Å². The van der Waals surface area contributed by atoms with E-state index < -0.39 is 0 Å². The van der Waals surface area contributed by atoms with Crippen molar-refractivity contribution < 1.29 is 4.74 Å². The van der Waals surface area contributed by atoms with Crippen LogP contribution in [0.1, 0.15) is 37.4 Å². The van der Waals surface area contributed by atoms with E-state index in [4.69, 9.17) is 10.6 Å². The zero-order valence-electron chi connectivity index (χ0n) is 10.6. The number of hydrazine groups is 1. The van der Waals surface area contributed by atoms with Gasteiger partial charge in [0.1, 0.15) is 5.75 Å². The molecule has 0 aliphatic heterocycles. The maximum Gasteiger partial charge on any atom is 0.123 e. The van der Waals surface area contributed by atoms with Crippen LogP contribution < -0.4 is 16.0 Å². The second kappa shape index (κ2) is 5.87. The van der Waals surface area contributed by atoms with Crippen LogP contribution in [0.4, 0.5) is 0 Å². The highest BCUT2D eigenvalue weighted by Crippen LogP contribution is 2.29. The number of hydrogen-bond donors (Lipinski definition) is 2. The third kappa shape index (κ3) is 3.22. The second-order valence-corrected chi connectivity index (χ2v) is 4.59. The predicted octanol–water partition coefficient (Wildman–Crippen LogP) is 2.55. The highest BCUT2D eigenvalue weighted by Gasteiger charge is 2.16. The molecular weight excluding hydrogens is 200 g/mol. The van der Waals surface area contributed by atoms with Gasteiger partial charge in [-0.1, -0.05) is 31.5 Å². The lowest BCUT2D eigenvalue weighted by Gasteiger charge is -2.21. The van der Waals surface area contributed by atoms with E-state index in [1.807, 2.05) is 12.1 Å². The lowest BCUT2D eigenvalue weighted by Crippen LogP contribution is -2.29. The molecule has 0 saturated heterocycles. The zero-order chi connectivity index (χ0) is 12.1. The normalized spacial score (nSPS) is 12.9. The molecule has 16 heavy (non-hydrogen) atoms. The molecule has 1 aromatic rings. The first-order valence-corrected chi connectivity index (χ1v) is 5.69. The molecule has 1 aromatic carbocycles. The van der Waals surface area contributed by atoms with E-state index in [0.717, 1.165) is 17.7 Å². The molecule has 3 N–H and O–H groups in total. The Balaban J connectivity index is 3.02. The monoisotopic (exact) mass is 222 g/mol. The zero-order valence-corrected chi connectivity index (χ0v) is 10.6. The van der Waals surface area contributed by atoms with Crippen LogP contribution in [0.2, 0.25) is 0 Å². The number of methoxy groups -OCH3 is 1. The van der Waals surface area contributed by atoms with Crippen LogP contribution in [-0.4, -0.2) is 7.11 Å². The average Bonchev–Trinajstić information content (AvgIpc) is 2.25. The summed E-state index contributed by atoms with van der Waals surface area (Å²) in [5.74, 6) is 7.11. The first kappa shape index (κ1) is 13.0. The Labute approximate surface area is 98.0 Å². The molecule has 0 amide bonds. The van der Waals surface area contributed by atoms with E-state index in [1.165, 1.54) is 5.56 Å². The van der Waals surface area contributed by atoms with Crippen LogP contribution in [0, 0.1) is 12.8 Å². The third-order valence-electron chi connectivity index (χ3n) is 2.67. The van der Waals surface area contributed by atoms with Crippen LogP contribution in [-0.2, 0) is 0 Å². The molecule has 0 aliphatic carbocycles. The van der Waals surface area contributed by atoms with Crippen LogP contribution >= 0.6 is 0 Å². The molecule has 3 heteroatoms. The summed E-state index contributed by atoms with van der Waals surface area (Å²) in [4.78, 5) is 0. The van der Waals surface area contributed by atoms with E-state index in [-0.39, 0.29) is 6.04 Å². The number of nitrogens with one attached hydrogen (secondary N) is 1. The molecule has 0 aromatic heterocycles. The minimum atomic E-state index is 0.148. The number of hydrogen-bond acceptors (Lipinski definition) is 3. The summed E-state index contributed by atoms with van der Waals surface area (Å²) in [6, 6.07) is 6.32. The molecule has 1 unspecified atom stereocenters. The van der Waals surface area contributed by atoms with Crippen LogP contribution in [0.3, 0.4) is 0 Å². The van der Waals surface area contributed by atoms with E-state index in [9.17, 15) is 0 Å². The number of ether oxygens (including phenoxy) is 1. The summed E-state index contributed by atoms with van der Waals surface area (Å²) < 4.78 is 5.37. The van der Waals surface area contributed by atoms with Crippen molar-refractivity contribution in [3.63, 3.8) is 0 Å². The summed E-state index contributed by atoms with van der Waals surface area (Å²) in [5, 5.41) is 0. The minimum absolute atomic E-state index is 0.148. The number of nitrogens with two attached hydrogens (primary N) is 1. The molecule has 0 radical (unpaired) electrons. The highest BCUT2D eigenvalue weighted by molar-refractivity contribution is 5.39. The first-order valence-electron chi connectivity index (χ1n) is 5.69. The van der Waals surface area contributed by atoms with Gasteiger partial charge in [0, 0.05) is 11.6 Å². The van der Waals surface area contributed by atoms with Gasteiger partial charge in [0.2, 0.25) is 0 Å². The molecule has 0 heterocycles. The van der Waals surface area contributed by atoms with E-state index in [1.54, 1.807) is 7.11 Å². The van der Waals surface area contributed by atoms with Crippen LogP contribution in [0.25, 0.3) is 0 Å². The highest BCUT2D eigenvalue weighted by atomic mass is 16.5. The first-order chi connectivity index (χ1) is 7.58. The van der Waals surface area contributed by atoms with Gasteiger partial charge in [-0.2, -0.15) is 0 Å². The molecule has 90 valence electrons. The fourth-order valence-corrected chi connectivity index (χ4v) is 1.88. The van der Waals surface area contributed by atoms with Gasteiger partial charge in [0.25, 0.3) is 0 Å². The Morgan fingerprint density at radius 3 is 2.56 bits per heavy atom. The SMILES string of the molecule is COc1ccc(C)cc1C(CC(C)C)NN. The molecule has 1 rings (SSSR count). The van der Waals surface area contributed by atoms with Gasteiger partial charge in [-0.3, -0.25) is 11.3 Å². The van der Waals surface area contributed by atoms with E-state index in [0.29, 0.717) is 5.92 Å². The molecule has 3 nitrogen and oxygen atoms in total. The molecular formula is C13H22N2O. The summed E-state index contributed by atoms with van der Waals surface area (Å²) in [7, 11) is 1.69. The number of rotatable bonds is 5. The van der Waals surface area contributed by atoms with Gasteiger partial charge in [-0.15, -0.1) is 0 Å². The quantitative estimate of drug-likeness (QED) is 0.594. The summed E-state index contributed by atoms with van der Waals surface area (Å²) in [5.41, 5.74) is 5.23. The Bertz CT molecular complexity index is 337. The lowest BCUT2D eigenvalue weighted by molar-refractivity contribution is 0.383. The fourth-order valence-electron chi connectivity index (χ4n) is 1.88. The molecule has 1 atom stereocenters. The van der Waals surface area contributed by atoms with Gasteiger partial charge >= 0.3 is 0 Å². The van der Waals surface area contributed by atoms with Gasteiger partial charge in [0.05, 0.1) is 7.11 Å². The molecule has 0 spiro atoms. The standard InChI is InChI=1S/C13H22N2O/c1-9(2)7-12(15-14)11-8-10(3)5-6-13(11)16-4/h5-6,8-9,12,15H,7,14H2,1-4H3. The minimum Gasteiger partial charge on any atom is -0.496 e. The van der Waals surface area contributed by atoms with Gasteiger partial charge in [-0.05, 0) is 25.3 Å². The van der Waals surface area contributed by atoms with Crippen molar-refractivity contribution in [2.24, 2.45) is 11.8 Å². The van der Waals surface area contributed by atoms with Crippen molar-refractivity contribution in [3.8, 4) is 5.75 Å². The van der Waals surface area contributed by atoms with Crippen molar-refractivity contribution in [3.05, 3.63) is 29.3 Å². The van der Waals surface area contributed by atoms with Crippen LogP contribution in [0.15, 0.2) is 18.2 Å². The van der Waals surface area contributed by atoms with Crippen molar-refractivity contribution in [2.45, 2.75) is 33.2 Å². The van der Waals surface area contributed by atoms with Crippen LogP contribution in [0.5, 0.6) is 5.75 Å². The Kier molecular flexibility index (Phi) is 4.77. The van der Waals surface area contributed by atoms with Gasteiger partial charge < -0.3 is 4.74 Å². The summed E-state index contributed by atoms with van der Waals surface area (Å²) >= 11 is 0. The van der Waals surface area contributed by atoms with Crippen molar-refractivity contribution in [1.82, 2.24) is 5.43 Å². The van der Waals surface area contributed by atoms with E-state index in [2.05, 4.69) is 32.3 Å². The molecule has 0 aliphatic rings. The topological polar surface area (TPSA) is 47.3 Å². The Morgan fingerprint density at radius 1 is 1.38 bits per heavy atom. The number of benzene rings is 1. The van der Waals surface area contributed by atoms with Gasteiger partial charge in [-0.25, -0.2) is 0 Å². The Morgan fingerprint density at radius 2 is 2.06 bits per heavy atom. The van der Waals surface area contributed by atoms with Crippen molar-refractivity contribution in [1.29, 1.82) is 0 Å². The largest absolute Gasteiger partial charge is 0.496 e. The fraction of sp³-hybridized carbons (Fsp3) is 0.538. The lowest BCUT2D eigenvalue weighted by atomic mass is 9.95. The third-order valence-corrected chi connectivity index (χ3v) is 2.67.